The van der Waals surface area contributed by atoms with Crippen LogP contribution in [0.15, 0.2) is 60.3 Å². The van der Waals surface area contributed by atoms with Gasteiger partial charge in [-0.15, -0.1) is 6.58 Å². The minimum atomic E-state index is -0.682. The van der Waals surface area contributed by atoms with Gasteiger partial charge in [0.2, 0.25) is 0 Å². The fraction of sp³-hybridized carbons (Fsp3) is 0.176. The molecule has 0 saturated carbocycles. The zero-order valence-electron chi connectivity index (χ0n) is 12.3. The van der Waals surface area contributed by atoms with Gasteiger partial charge < -0.3 is 4.74 Å². The summed E-state index contributed by atoms with van der Waals surface area (Å²) in [7, 11) is 0. The first kappa shape index (κ1) is 15.7. The van der Waals surface area contributed by atoms with E-state index in [0.29, 0.717) is 17.7 Å². The average Bonchev–Trinajstić information content (AvgIpc) is 2.53. The van der Waals surface area contributed by atoms with E-state index in [1.807, 2.05) is 25.1 Å². The van der Waals surface area contributed by atoms with Crippen LogP contribution in [0.5, 0.6) is 0 Å². The second-order valence-electron chi connectivity index (χ2n) is 4.54. The number of hydrogen-bond acceptors (Lipinski definition) is 5. The van der Waals surface area contributed by atoms with Crippen LogP contribution in [-0.2, 0) is 19.2 Å². The Hall–Kier alpha value is -2.66. The van der Waals surface area contributed by atoms with E-state index in [4.69, 9.17) is 9.57 Å². The molecule has 0 fully saturated rings. The summed E-state index contributed by atoms with van der Waals surface area (Å²) in [5, 5.41) is 0. The zero-order valence-corrected chi connectivity index (χ0v) is 12.3. The summed E-state index contributed by atoms with van der Waals surface area (Å²) in [6.07, 6.45) is 3.30. The molecule has 0 atom stereocenters. The van der Waals surface area contributed by atoms with E-state index in [-0.39, 0.29) is 17.9 Å². The second kappa shape index (κ2) is 7.38. The van der Waals surface area contributed by atoms with Crippen LogP contribution in [-0.4, -0.2) is 18.4 Å². The molecule has 0 unspecified atom stereocenters. The van der Waals surface area contributed by atoms with Crippen molar-refractivity contribution in [3.8, 4) is 0 Å². The molecule has 1 aromatic rings. The normalized spacial score (nSPS) is 16.7. The third-order valence-corrected chi connectivity index (χ3v) is 3.03. The van der Waals surface area contributed by atoms with E-state index in [1.165, 1.54) is 6.08 Å². The van der Waals surface area contributed by atoms with E-state index >= 15 is 0 Å². The van der Waals surface area contributed by atoms with Gasteiger partial charge in [-0.2, -0.15) is 0 Å². The lowest BCUT2D eigenvalue weighted by Crippen LogP contribution is -2.26. The Morgan fingerprint density at radius 3 is 2.64 bits per heavy atom. The van der Waals surface area contributed by atoms with Crippen LogP contribution in [0.2, 0.25) is 0 Å². The van der Waals surface area contributed by atoms with Crippen molar-refractivity contribution in [2.45, 2.75) is 13.3 Å². The van der Waals surface area contributed by atoms with Crippen molar-refractivity contribution < 1.29 is 19.2 Å². The fourth-order valence-corrected chi connectivity index (χ4v) is 1.98. The number of hydroxylamine groups is 1. The Morgan fingerprint density at radius 2 is 2.05 bits per heavy atom. The van der Waals surface area contributed by atoms with Gasteiger partial charge in [-0.25, -0.2) is 4.79 Å². The number of hydrogen-bond donors (Lipinski definition) is 1. The summed E-state index contributed by atoms with van der Waals surface area (Å²) < 4.78 is 5.27. The highest BCUT2D eigenvalue weighted by atomic mass is 16.6. The van der Waals surface area contributed by atoms with E-state index in [0.717, 1.165) is 0 Å². The van der Waals surface area contributed by atoms with Crippen molar-refractivity contribution in [2.75, 3.05) is 6.61 Å². The van der Waals surface area contributed by atoms with Crippen molar-refractivity contribution in [2.24, 2.45) is 0 Å². The van der Waals surface area contributed by atoms with Gasteiger partial charge in [-0.1, -0.05) is 43.3 Å². The summed E-state index contributed by atoms with van der Waals surface area (Å²) in [5.74, 6) is -0.832. The predicted molar refractivity (Wildman–Crippen MR) is 82.1 cm³/mol. The van der Waals surface area contributed by atoms with E-state index in [2.05, 4.69) is 12.1 Å². The van der Waals surface area contributed by atoms with Crippen LogP contribution in [0.1, 0.15) is 18.9 Å². The van der Waals surface area contributed by atoms with Gasteiger partial charge in [0.05, 0.1) is 12.3 Å². The molecule has 114 valence electrons. The van der Waals surface area contributed by atoms with Gasteiger partial charge in [-0.3, -0.25) is 15.1 Å². The van der Waals surface area contributed by atoms with Gasteiger partial charge in [-0.05, 0) is 6.42 Å². The van der Waals surface area contributed by atoms with Gasteiger partial charge >= 0.3 is 5.97 Å². The van der Waals surface area contributed by atoms with Crippen LogP contribution in [0.4, 0.5) is 0 Å². The molecule has 0 radical (unpaired) electrons. The SMILES string of the molecule is C=CCON/C(CC)=C1/C(=O)C=C(c2ccccc2)OC1=O. The molecule has 0 bridgehead atoms. The van der Waals surface area contributed by atoms with Crippen LogP contribution in [0, 0.1) is 0 Å². The summed E-state index contributed by atoms with van der Waals surface area (Å²) in [4.78, 5) is 29.5. The van der Waals surface area contributed by atoms with Crippen molar-refractivity contribution in [1.82, 2.24) is 5.48 Å². The van der Waals surface area contributed by atoms with Gasteiger partial charge in [0.15, 0.2) is 5.78 Å². The molecule has 1 N–H and O–H groups in total. The van der Waals surface area contributed by atoms with Crippen LogP contribution < -0.4 is 5.48 Å². The number of esters is 1. The predicted octanol–water partition coefficient (Wildman–Crippen LogP) is 2.52. The number of allylic oxidation sites excluding steroid dienone is 2. The maximum atomic E-state index is 12.3. The molecule has 0 amide bonds. The van der Waals surface area contributed by atoms with E-state index < -0.39 is 11.8 Å². The molecule has 2 rings (SSSR count). The quantitative estimate of drug-likeness (QED) is 0.218. The first-order chi connectivity index (χ1) is 10.7. The molecule has 0 saturated heterocycles. The smallest absolute Gasteiger partial charge is 0.349 e. The first-order valence-electron chi connectivity index (χ1n) is 6.92. The van der Waals surface area contributed by atoms with E-state index in [1.54, 1.807) is 18.2 Å². The maximum absolute atomic E-state index is 12.3. The summed E-state index contributed by atoms with van der Waals surface area (Å²) >= 11 is 0. The standard InChI is InChI=1S/C17H17NO4/c1-3-10-21-18-13(4-2)16-14(19)11-15(22-17(16)20)12-8-6-5-7-9-12/h3,5-9,11,18H,1,4,10H2,2H3/b16-13-. The average molecular weight is 299 g/mol. The third-order valence-electron chi connectivity index (χ3n) is 3.03. The van der Waals surface area contributed by atoms with Gasteiger partial charge in [0, 0.05) is 11.6 Å². The Labute approximate surface area is 128 Å². The summed E-state index contributed by atoms with van der Waals surface area (Å²) in [6, 6.07) is 9.00. The molecule has 1 aromatic carbocycles. The Bertz CT molecular complexity index is 644. The molecule has 1 aliphatic rings. The highest BCUT2D eigenvalue weighted by molar-refractivity contribution is 6.26. The Balaban J connectivity index is 2.29. The largest absolute Gasteiger partial charge is 0.422 e. The lowest BCUT2D eigenvalue weighted by molar-refractivity contribution is -0.135. The molecular formula is C17H17NO4. The number of rotatable bonds is 6. The lowest BCUT2D eigenvalue weighted by atomic mass is 10.0. The summed E-state index contributed by atoms with van der Waals surface area (Å²) in [6.45, 7) is 5.58. The molecule has 0 spiro atoms. The number of cyclic esters (lactones) is 1. The Kier molecular flexibility index (Phi) is 5.27. The van der Waals surface area contributed by atoms with Crippen LogP contribution in [0.25, 0.3) is 5.76 Å². The lowest BCUT2D eigenvalue weighted by Gasteiger charge is -2.18. The van der Waals surface area contributed by atoms with Gasteiger partial charge in [0.1, 0.15) is 11.3 Å². The fourth-order valence-electron chi connectivity index (χ4n) is 1.98. The molecule has 0 aliphatic carbocycles. The van der Waals surface area contributed by atoms with Crippen LogP contribution in [0.3, 0.4) is 0 Å². The van der Waals surface area contributed by atoms with Crippen LogP contribution >= 0.6 is 0 Å². The molecule has 5 nitrogen and oxygen atoms in total. The zero-order chi connectivity index (χ0) is 15.9. The minimum Gasteiger partial charge on any atom is -0.422 e. The molecule has 5 heteroatoms. The number of ketones is 1. The minimum absolute atomic E-state index is 0.0359. The van der Waals surface area contributed by atoms with Gasteiger partial charge in [0.25, 0.3) is 0 Å². The molecule has 0 aromatic heterocycles. The molecular weight excluding hydrogens is 282 g/mol. The molecule has 1 aliphatic heterocycles. The molecule has 1 heterocycles. The number of benzene rings is 1. The van der Waals surface area contributed by atoms with Crippen molar-refractivity contribution in [3.63, 3.8) is 0 Å². The Morgan fingerprint density at radius 1 is 1.32 bits per heavy atom. The second-order valence-corrected chi connectivity index (χ2v) is 4.54. The number of carbonyl (C=O) groups excluding carboxylic acids is 2. The number of ether oxygens (including phenoxy) is 1. The summed E-state index contributed by atoms with van der Waals surface area (Å²) in [5.41, 5.74) is 3.64. The number of nitrogens with one attached hydrogen (secondary N) is 1. The monoisotopic (exact) mass is 299 g/mol. The topological polar surface area (TPSA) is 64.6 Å². The van der Waals surface area contributed by atoms with E-state index in [9.17, 15) is 9.59 Å². The third kappa shape index (κ3) is 3.51. The first-order valence-corrected chi connectivity index (χ1v) is 6.92. The molecule has 22 heavy (non-hydrogen) atoms. The van der Waals surface area contributed by atoms with Crippen molar-refractivity contribution >= 4 is 17.5 Å². The maximum Gasteiger partial charge on any atom is 0.349 e. The highest BCUT2D eigenvalue weighted by Crippen LogP contribution is 2.25. The van der Waals surface area contributed by atoms with Crippen molar-refractivity contribution in [1.29, 1.82) is 0 Å². The number of carbonyl (C=O) groups is 2. The van der Waals surface area contributed by atoms with Crippen molar-refractivity contribution in [3.05, 3.63) is 65.9 Å². The highest BCUT2D eigenvalue weighted by Gasteiger charge is 2.29.